The van der Waals surface area contributed by atoms with Crippen LogP contribution >= 0.6 is 0 Å². The Kier molecular flexibility index (Phi) is 5.74. The lowest BCUT2D eigenvalue weighted by Gasteiger charge is -2.14. The van der Waals surface area contributed by atoms with Crippen LogP contribution in [0, 0.1) is 6.92 Å². The van der Waals surface area contributed by atoms with E-state index >= 15 is 0 Å². The fourth-order valence-corrected chi connectivity index (χ4v) is 1.96. The third kappa shape index (κ3) is 4.57. The first-order chi connectivity index (χ1) is 11.1. The summed E-state index contributed by atoms with van der Waals surface area (Å²) in [5.74, 6) is 1.05. The van der Waals surface area contributed by atoms with E-state index in [1.54, 1.807) is 14.0 Å². The molecule has 5 nitrogen and oxygen atoms in total. The number of benzene rings is 2. The molecule has 1 atom stereocenters. The lowest BCUT2D eigenvalue weighted by Crippen LogP contribution is -2.33. The Hall–Kier alpha value is -2.82. The number of ether oxygens (including phenoxy) is 2. The first kappa shape index (κ1) is 16.5. The van der Waals surface area contributed by atoms with E-state index in [-0.39, 0.29) is 5.91 Å². The van der Waals surface area contributed by atoms with Crippen molar-refractivity contribution < 1.29 is 14.3 Å². The minimum absolute atomic E-state index is 0.320. The van der Waals surface area contributed by atoms with E-state index < -0.39 is 6.10 Å². The molecular formula is C18H20N2O3. The maximum atomic E-state index is 12.0. The Morgan fingerprint density at radius 1 is 1.13 bits per heavy atom. The molecule has 2 rings (SSSR count). The number of aryl methyl sites for hydroxylation is 1. The maximum absolute atomic E-state index is 12.0. The summed E-state index contributed by atoms with van der Waals surface area (Å²) in [6.07, 6.45) is 0.892. The number of hydrogen-bond donors (Lipinski definition) is 1. The predicted molar refractivity (Wildman–Crippen MR) is 90.0 cm³/mol. The Morgan fingerprint density at radius 3 is 2.48 bits per heavy atom. The highest BCUT2D eigenvalue weighted by molar-refractivity contribution is 5.86. The lowest BCUT2D eigenvalue weighted by molar-refractivity contribution is -0.127. The number of hydrazone groups is 1. The zero-order chi connectivity index (χ0) is 16.7. The monoisotopic (exact) mass is 312 g/mol. The Bertz CT molecular complexity index is 698. The van der Waals surface area contributed by atoms with Gasteiger partial charge in [-0.3, -0.25) is 4.79 Å². The second kappa shape index (κ2) is 7.98. The van der Waals surface area contributed by atoms with Crippen LogP contribution in [-0.2, 0) is 4.79 Å². The van der Waals surface area contributed by atoms with Gasteiger partial charge in [0.05, 0.1) is 13.3 Å². The summed E-state index contributed by atoms with van der Waals surface area (Å²) in [5, 5.41) is 3.95. The van der Waals surface area contributed by atoms with Gasteiger partial charge in [-0.2, -0.15) is 5.10 Å². The summed E-state index contributed by atoms with van der Waals surface area (Å²) in [4.78, 5) is 12.0. The zero-order valence-electron chi connectivity index (χ0n) is 13.4. The lowest BCUT2D eigenvalue weighted by atomic mass is 10.2. The van der Waals surface area contributed by atoms with E-state index in [1.807, 2.05) is 55.5 Å². The van der Waals surface area contributed by atoms with Crippen molar-refractivity contribution in [3.05, 3.63) is 59.7 Å². The van der Waals surface area contributed by atoms with Crippen molar-refractivity contribution in [2.75, 3.05) is 7.11 Å². The average molecular weight is 312 g/mol. The molecule has 0 saturated heterocycles. The first-order valence-electron chi connectivity index (χ1n) is 7.30. The van der Waals surface area contributed by atoms with Crippen LogP contribution in [0.3, 0.4) is 0 Å². The smallest absolute Gasteiger partial charge is 0.280 e. The Labute approximate surface area is 135 Å². The van der Waals surface area contributed by atoms with Gasteiger partial charge in [-0.15, -0.1) is 0 Å². The number of rotatable bonds is 6. The number of carbonyl (C=O) groups excluding carboxylic acids is 1. The highest BCUT2D eigenvalue weighted by atomic mass is 16.5. The van der Waals surface area contributed by atoms with Gasteiger partial charge >= 0.3 is 0 Å². The van der Waals surface area contributed by atoms with Gasteiger partial charge in [0.1, 0.15) is 11.5 Å². The number of methoxy groups -OCH3 is 1. The van der Waals surface area contributed by atoms with Crippen molar-refractivity contribution in [3.8, 4) is 11.5 Å². The maximum Gasteiger partial charge on any atom is 0.280 e. The fraction of sp³-hybridized carbons (Fsp3) is 0.222. The van der Waals surface area contributed by atoms with Gasteiger partial charge in [-0.25, -0.2) is 5.43 Å². The van der Waals surface area contributed by atoms with Gasteiger partial charge in [0.2, 0.25) is 0 Å². The summed E-state index contributed by atoms with van der Waals surface area (Å²) in [5.41, 5.74) is 4.23. The van der Waals surface area contributed by atoms with Crippen molar-refractivity contribution in [3.63, 3.8) is 0 Å². The number of carbonyl (C=O) groups is 1. The number of nitrogens with zero attached hydrogens (tertiary/aromatic N) is 1. The van der Waals surface area contributed by atoms with Gasteiger partial charge in [-0.05, 0) is 37.6 Å². The SMILES string of the molecule is COc1ccccc1/C=N\NC(=O)C(C)Oc1ccccc1C. The predicted octanol–water partition coefficient (Wildman–Crippen LogP) is 2.92. The molecule has 23 heavy (non-hydrogen) atoms. The molecule has 0 radical (unpaired) electrons. The molecule has 0 aliphatic heterocycles. The molecule has 0 aromatic heterocycles. The van der Waals surface area contributed by atoms with Crippen LogP contribution in [0.4, 0.5) is 0 Å². The van der Waals surface area contributed by atoms with E-state index in [0.29, 0.717) is 11.5 Å². The molecule has 0 fully saturated rings. The molecule has 1 N–H and O–H groups in total. The molecule has 1 unspecified atom stereocenters. The summed E-state index contributed by atoms with van der Waals surface area (Å²) in [6, 6.07) is 15.0. The highest BCUT2D eigenvalue weighted by Gasteiger charge is 2.14. The first-order valence-corrected chi connectivity index (χ1v) is 7.30. The second-order valence-corrected chi connectivity index (χ2v) is 5.00. The molecule has 0 bridgehead atoms. The number of amides is 1. The van der Waals surface area contributed by atoms with Gasteiger partial charge in [0, 0.05) is 5.56 Å². The standard InChI is InChI=1S/C18H20N2O3/c1-13-8-4-6-10-16(13)23-14(2)18(21)20-19-12-15-9-5-7-11-17(15)22-3/h4-12,14H,1-3H3,(H,20,21)/b19-12-. The van der Waals surface area contributed by atoms with Crippen LogP contribution in [0.1, 0.15) is 18.1 Å². The summed E-state index contributed by atoms with van der Waals surface area (Å²) in [6.45, 7) is 3.61. The molecule has 1 amide bonds. The summed E-state index contributed by atoms with van der Waals surface area (Å²) < 4.78 is 10.9. The van der Waals surface area contributed by atoms with Crippen molar-refractivity contribution in [1.29, 1.82) is 0 Å². The molecule has 120 valence electrons. The van der Waals surface area contributed by atoms with Gasteiger partial charge in [0.15, 0.2) is 6.10 Å². The molecule has 0 saturated carbocycles. The largest absolute Gasteiger partial charge is 0.496 e. The summed E-state index contributed by atoms with van der Waals surface area (Å²) >= 11 is 0. The molecule has 2 aromatic carbocycles. The van der Waals surface area contributed by atoms with Crippen LogP contribution in [0.2, 0.25) is 0 Å². The fourth-order valence-electron chi connectivity index (χ4n) is 1.96. The number of para-hydroxylation sites is 2. The number of hydrogen-bond acceptors (Lipinski definition) is 4. The third-order valence-electron chi connectivity index (χ3n) is 3.28. The van der Waals surface area contributed by atoms with Crippen LogP contribution in [0.15, 0.2) is 53.6 Å². The van der Waals surface area contributed by atoms with E-state index in [0.717, 1.165) is 11.1 Å². The summed E-state index contributed by atoms with van der Waals surface area (Å²) in [7, 11) is 1.59. The van der Waals surface area contributed by atoms with Gasteiger partial charge in [0.25, 0.3) is 5.91 Å². The van der Waals surface area contributed by atoms with Crippen molar-refractivity contribution >= 4 is 12.1 Å². The van der Waals surface area contributed by atoms with Crippen LogP contribution < -0.4 is 14.9 Å². The molecule has 2 aromatic rings. The van der Waals surface area contributed by atoms with Crippen LogP contribution in [-0.4, -0.2) is 25.3 Å². The molecule has 0 heterocycles. The molecule has 0 spiro atoms. The van der Waals surface area contributed by atoms with Gasteiger partial charge in [-0.1, -0.05) is 30.3 Å². The second-order valence-electron chi connectivity index (χ2n) is 5.00. The Balaban J connectivity index is 1.94. The van der Waals surface area contributed by atoms with E-state index in [4.69, 9.17) is 9.47 Å². The quantitative estimate of drug-likeness (QED) is 0.659. The molecule has 0 aliphatic rings. The van der Waals surface area contributed by atoms with E-state index in [9.17, 15) is 4.79 Å². The van der Waals surface area contributed by atoms with Crippen LogP contribution in [0.5, 0.6) is 11.5 Å². The molecular weight excluding hydrogens is 292 g/mol. The topological polar surface area (TPSA) is 59.9 Å². The van der Waals surface area contributed by atoms with E-state index in [1.165, 1.54) is 6.21 Å². The zero-order valence-corrected chi connectivity index (χ0v) is 13.4. The van der Waals surface area contributed by atoms with E-state index in [2.05, 4.69) is 10.5 Å². The van der Waals surface area contributed by atoms with Crippen molar-refractivity contribution in [2.45, 2.75) is 20.0 Å². The molecule has 0 aliphatic carbocycles. The normalized spacial score (nSPS) is 12.0. The Morgan fingerprint density at radius 2 is 1.78 bits per heavy atom. The van der Waals surface area contributed by atoms with Gasteiger partial charge < -0.3 is 9.47 Å². The average Bonchev–Trinajstić information content (AvgIpc) is 2.57. The van der Waals surface area contributed by atoms with Crippen molar-refractivity contribution in [2.24, 2.45) is 5.10 Å². The minimum Gasteiger partial charge on any atom is -0.496 e. The van der Waals surface area contributed by atoms with Crippen molar-refractivity contribution in [1.82, 2.24) is 5.43 Å². The molecule has 5 heteroatoms. The minimum atomic E-state index is -0.647. The van der Waals surface area contributed by atoms with Crippen LogP contribution in [0.25, 0.3) is 0 Å². The third-order valence-corrected chi connectivity index (χ3v) is 3.28. The highest BCUT2D eigenvalue weighted by Crippen LogP contribution is 2.18. The number of nitrogens with one attached hydrogen (secondary N) is 1.